The largest absolute Gasteiger partial charge is 0.450 e. The standard InChI is InChI=1S/C16H18N4O/c1-2-19-7-9-20(10-8-19)16-15-14(17-11-18-16)12-5-3-4-6-13(12)21-15/h3-6,11H,2,7-10H2,1H3. The van der Waals surface area contributed by atoms with Gasteiger partial charge < -0.3 is 14.2 Å². The summed E-state index contributed by atoms with van der Waals surface area (Å²) in [6.45, 7) is 7.42. The molecule has 4 rings (SSSR count). The molecule has 5 nitrogen and oxygen atoms in total. The van der Waals surface area contributed by atoms with E-state index in [1.54, 1.807) is 6.33 Å². The normalized spacial score (nSPS) is 16.9. The summed E-state index contributed by atoms with van der Waals surface area (Å²) >= 11 is 0. The molecule has 0 radical (unpaired) electrons. The van der Waals surface area contributed by atoms with Crippen LogP contribution in [-0.2, 0) is 0 Å². The number of anilines is 1. The van der Waals surface area contributed by atoms with Crippen LogP contribution in [0.3, 0.4) is 0 Å². The Hall–Kier alpha value is -2.14. The minimum atomic E-state index is 0.809. The molecule has 2 aromatic heterocycles. The van der Waals surface area contributed by atoms with Crippen LogP contribution >= 0.6 is 0 Å². The number of hydrogen-bond acceptors (Lipinski definition) is 5. The molecule has 0 aliphatic carbocycles. The van der Waals surface area contributed by atoms with Crippen molar-refractivity contribution in [1.29, 1.82) is 0 Å². The van der Waals surface area contributed by atoms with Crippen molar-refractivity contribution in [3.63, 3.8) is 0 Å². The molecule has 0 N–H and O–H groups in total. The van der Waals surface area contributed by atoms with Crippen LogP contribution in [0, 0.1) is 0 Å². The highest BCUT2D eigenvalue weighted by molar-refractivity contribution is 6.05. The zero-order valence-corrected chi connectivity index (χ0v) is 12.1. The third-order valence-electron chi connectivity index (χ3n) is 4.26. The first-order valence-electron chi connectivity index (χ1n) is 7.46. The van der Waals surface area contributed by atoms with Crippen molar-refractivity contribution in [1.82, 2.24) is 14.9 Å². The van der Waals surface area contributed by atoms with E-state index in [-0.39, 0.29) is 0 Å². The van der Waals surface area contributed by atoms with Crippen LogP contribution in [0.4, 0.5) is 5.82 Å². The Morgan fingerprint density at radius 3 is 2.71 bits per heavy atom. The molecule has 3 heterocycles. The second-order valence-electron chi connectivity index (χ2n) is 5.39. The van der Waals surface area contributed by atoms with Crippen LogP contribution < -0.4 is 4.90 Å². The minimum absolute atomic E-state index is 0.809. The quantitative estimate of drug-likeness (QED) is 0.722. The summed E-state index contributed by atoms with van der Waals surface area (Å²) in [5, 5.41) is 1.06. The molecule has 1 aliphatic heterocycles. The molecule has 1 fully saturated rings. The number of para-hydroxylation sites is 1. The van der Waals surface area contributed by atoms with Gasteiger partial charge in [0.2, 0.25) is 0 Å². The van der Waals surface area contributed by atoms with Crippen LogP contribution in [0.5, 0.6) is 0 Å². The number of likely N-dealkylation sites (N-methyl/N-ethyl adjacent to an activating group) is 1. The van der Waals surface area contributed by atoms with Crippen molar-refractivity contribution in [3.05, 3.63) is 30.6 Å². The zero-order valence-electron chi connectivity index (χ0n) is 12.1. The number of hydrogen-bond donors (Lipinski definition) is 0. The number of furan rings is 1. The molecule has 0 saturated carbocycles. The van der Waals surface area contributed by atoms with Crippen molar-refractivity contribution in [2.45, 2.75) is 6.92 Å². The molecule has 3 aromatic rings. The SMILES string of the molecule is CCN1CCN(c2ncnc3c2oc2ccccc23)CC1. The second-order valence-corrected chi connectivity index (χ2v) is 5.39. The Morgan fingerprint density at radius 1 is 1.10 bits per heavy atom. The maximum Gasteiger partial charge on any atom is 0.196 e. The first-order valence-corrected chi connectivity index (χ1v) is 7.46. The van der Waals surface area contributed by atoms with E-state index in [2.05, 4.69) is 26.7 Å². The lowest BCUT2D eigenvalue weighted by Gasteiger charge is -2.34. The molecule has 0 atom stereocenters. The van der Waals surface area contributed by atoms with Gasteiger partial charge in [0.25, 0.3) is 0 Å². The Bertz CT molecular complexity index is 774. The number of fused-ring (bicyclic) bond motifs is 3. The highest BCUT2D eigenvalue weighted by atomic mass is 16.3. The number of benzene rings is 1. The number of piperazine rings is 1. The molecule has 5 heteroatoms. The average Bonchev–Trinajstić information content (AvgIpc) is 2.94. The van der Waals surface area contributed by atoms with Gasteiger partial charge in [-0.3, -0.25) is 0 Å². The summed E-state index contributed by atoms with van der Waals surface area (Å²) in [6, 6.07) is 8.03. The molecule has 0 bridgehead atoms. The topological polar surface area (TPSA) is 45.4 Å². The van der Waals surface area contributed by atoms with Crippen LogP contribution in [0.1, 0.15) is 6.92 Å². The van der Waals surface area contributed by atoms with Crippen molar-refractivity contribution in [2.24, 2.45) is 0 Å². The summed E-state index contributed by atoms with van der Waals surface area (Å²) in [6.07, 6.45) is 1.64. The Morgan fingerprint density at radius 2 is 1.90 bits per heavy atom. The fourth-order valence-corrected chi connectivity index (χ4v) is 3.01. The lowest BCUT2D eigenvalue weighted by molar-refractivity contribution is 0.270. The predicted molar refractivity (Wildman–Crippen MR) is 83.6 cm³/mol. The second kappa shape index (κ2) is 5.00. The third-order valence-corrected chi connectivity index (χ3v) is 4.26. The summed E-state index contributed by atoms with van der Waals surface area (Å²) in [7, 11) is 0. The molecule has 21 heavy (non-hydrogen) atoms. The monoisotopic (exact) mass is 282 g/mol. The minimum Gasteiger partial charge on any atom is -0.450 e. The van der Waals surface area contributed by atoms with Crippen LogP contribution in [0.25, 0.3) is 22.1 Å². The summed E-state index contributed by atoms with van der Waals surface area (Å²) in [4.78, 5) is 13.6. The first-order chi connectivity index (χ1) is 10.4. The van der Waals surface area contributed by atoms with Crippen molar-refractivity contribution < 1.29 is 4.42 Å². The van der Waals surface area contributed by atoms with Gasteiger partial charge in [0.15, 0.2) is 11.4 Å². The van der Waals surface area contributed by atoms with Gasteiger partial charge >= 0.3 is 0 Å². The van der Waals surface area contributed by atoms with Gasteiger partial charge in [-0.15, -0.1) is 0 Å². The van der Waals surface area contributed by atoms with Crippen molar-refractivity contribution >= 4 is 27.9 Å². The van der Waals surface area contributed by atoms with Crippen LogP contribution in [-0.4, -0.2) is 47.6 Å². The van der Waals surface area contributed by atoms with E-state index in [1.165, 1.54) is 0 Å². The van der Waals surface area contributed by atoms with E-state index >= 15 is 0 Å². The van der Waals surface area contributed by atoms with E-state index in [0.717, 1.165) is 60.6 Å². The zero-order chi connectivity index (χ0) is 14.2. The fraction of sp³-hybridized carbons (Fsp3) is 0.375. The van der Waals surface area contributed by atoms with Crippen LogP contribution in [0.15, 0.2) is 35.0 Å². The number of rotatable bonds is 2. The summed E-state index contributed by atoms with van der Waals surface area (Å²) in [5.41, 5.74) is 2.60. The van der Waals surface area contributed by atoms with Crippen molar-refractivity contribution in [3.8, 4) is 0 Å². The Balaban J connectivity index is 1.79. The molecular weight excluding hydrogens is 264 g/mol. The fourth-order valence-electron chi connectivity index (χ4n) is 3.01. The number of aromatic nitrogens is 2. The molecule has 1 aliphatic rings. The van der Waals surface area contributed by atoms with Gasteiger partial charge in [-0.05, 0) is 18.7 Å². The van der Waals surface area contributed by atoms with Crippen LogP contribution in [0.2, 0.25) is 0 Å². The van der Waals surface area contributed by atoms with Crippen molar-refractivity contribution in [2.75, 3.05) is 37.6 Å². The van der Waals surface area contributed by atoms with Gasteiger partial charge in [0.1, 0.15) is 17.4 Å². The Kier molecular flexibility index (Phi) is 3.00. The molecule has 0 spiro atoms. The van der Waals surface area contributed by atoms with E-state index < -0.39 is 0 Å². The predicted octanol–water partition coefficient (Wildman–Crippen LogP) is 2.52. The maximum absolute atomic E-state index is 6.01. The van der Waals surface area contributed by atoms with E-state index in [9.17, 15) is 0 Å². The van der Waals surface area contributed by atoms with Gasteiger partial charge in [-0.25, -0.2) is 9.97 Å². The van der Waals surface area contributed by atoms with E-state index in [4.69, 9.17) is 4.42 Å². The van der Waals surface area contributed by atoms with Gasteiger partial charge in [-0.1, -0.05) is 19.1 Å². The summed E-state index contributed by atoms with van der Waals surface area (Å²) in [5.74, 6) is 0.923. The van der Waals surface area contributed by atoms with Gasteiger partial charge in [0, 0.05) is 31.6 Å². The third kappa shape index (κ3) is 2.05. The highest BCUT2D eigenvalue weighted by Gasteiger charge is 2.21. The first kappa shape index (κ1) is 12.6. The highest BCUT2D eigenvalue weighted by Crippen LogP contribution is 2.32. The molecule has 0 amide bonds. The van der Waals surface area contributed by atoms with E-state index in [1.807, 2.05) is 24.3 Å². The van der Waals surface area contributed by atoms with E-state index in [0.29, 0.717) is 0 Å². The smallest absolute Gasteiger partial charge is 0.196 e. The molecule has 1 saturated heterocycles. The lowest BCUT2D eigenvalue weighted by Crippen LogP contribution is -2.46. The molecule has 108 valence electrons. The van der Waals surface area contributed by atoms with Gasteiger partial charge in [0.05, 0.1) is 0 Å². The molecule has 0 unspecified atom stereocenters. The van der Waals surface area contributed by atoms with Gasteiger partial charge in [-0.2, -0.15) is 0 Å². The number of nitrogens with zero attached hydrogens (tertiary/aromatic N) is 4. The lowest BCUT2D eigenvalue weighted by atomic mass is 10.2. The summed E-state index contributed by atoms with van der Waals surface area (Å²) < 4.78 is 6.01. The maximum atomic E-state index is 6.01. The molecular formula is C16H18N4O. The molecule has 1 aromatic carbocycles. The Labute approximate surface area is 123 Å². The average molecular weight is 282 g/mol.